The zero-order valence-corrected chi connectivity index (χ0v) is 9.72. The number of hydrogen-bond acceptors (Lipinski definition) is 1. The van der Waals surface area contributed by atoms with Crippen molar-refractivity contribution in [2.24, 2.45) is 0 Å². The molecule has 0 unspecified atom stereocenters. The lowest BCUT2D eigenvalue weighted by Crippen LogP contribution is -2.01. The summed E-state index contributed by atoms with van der Waals surface area (Å²) in [6, 6.07) is 11.3. The van der Waals surface area contributed by atoms with Gasteiger partial charge in [-0.25, -0.2) is 0 Å². The van der Waals surface area contributed by atoms with Crippen molar-refractivity contribution < 1.29 is 4.74 Å². The molecule has 1 aliphatic rings. The fourth-order valence-corrected chi connectivity index (χ4v) is 2.20. The van der Waals surface area contributed by atoms with Crippen LogP contribution in [0.3, 0.4) is 0 Å². The van der Waals surface area contributed by atoms with E-state index in [1.54, 1.807) is 12.1 Å². The molecule has 0 saturated heterocycles. The highest BCUT2D eigenvalue weighted by Gasteiger charge is 2.21. The Morgan fingerprint density at radius 2 is 1.25 bits per heavy atom. The predicted molar refractivity (Wildman–Crippen MR) is 65.5 cm³/mol. The molecular weight excluding hydrogens is 243 g/mol. The quantitative estimate of drug-likeness (QED) is 0.561. The molecule has 79 valence electrons. The van der Waals surface area contributed by atoms with Crippen LogP contribution in [0.5, 0.6) is 11.5 Å². The number of para-hydroxylation sites is 2. The van der Waals surface area contributed by atoms with Gasteiger partial charge in [0.25, 0.3) is 0 Å². The van der Waals surface area contributed by atoms with Crippen LogP contribution >= 0.6 is 23.2 Å². The molecule has 1 radical (unpaired) electrons. The van der Waals surface area contributed by atoms with E-state index in [2.05, 4.69) is 0 Å². The largest absolute Gasteiger partial charge is 0.454 e. The summed E-state index contributed by atoms with van der Waals surface area (Å²) in [6.07, 6.45) is 2.02. The molecule has 0 spiro atoms. The van der Waals surface area contributed by atoms with Crippen molar-refractivity contribution in [1.29, 1.82) is 0 Å². The third-order valence-electron chi connectivity index (χ3n) is 2.51. The molecule has 16 heavy (non-hydrogen) atoms. The summed E-state index contributed by atoms with van der Waals surface area (Å²) in [6.45, 7) is 0. The summed E-state index contributed by atoms with van der Waals surface area (Å²) >= 11 is 12.1. The van der Waals surface area contributed by atoms with Crippen molar-refractivity contribution in [3.05, 3.63) is 64.0 Å². The highest BCUT2D eigenvalue weighted by molar-refractivity contribution is 6.33. The number of hydrogen-bond donors (Lipinski definition) is 0. The Morgan fingerprint density at radius 3 is 1.75 bits per heavy atom. The van der Waals surface area contributed by atoms with Crippen LogP contribution in [0, 0.1) is 6.42 Å². The van der Waals surface area contributed by atoms with Crippen molar-refractivity contribution >= 4 is 23.2 Å². The average molecular weight is 250 g/mol. The van der Waals surface area contributed by atoms with Crippen LogP contribution in [0.1, 0.15) is 11.1 Å². The van der Waals surface area contributed by atoms with E-state index in [-0.39, 0.29) is 0 Å². The number of halogens is 2. The lowest BCUT2D eigenvalue weighted by molar-refractivity contribution is 0.470. The van der Waals surface area contributed by atoms with Gasteiger partial charge in [0, 0.05) is 17.5 Å². The standard InChI is InChI=1S/C13H7Cl2O/c14-10-5-1-3-8-7-9-4-2-6-11(15)13(9)16-12(8)10/h1-7H. The topological polar surface area (TPSA) is 9.23 Å². The average Bonchev–Trinajstić information content (AvgIpc) is 2.28. The smallest absolute Gasteiger partial charge is 0.149 e. The van der Waals surface area contributed by atoms with Gasteiger partial charge >= 0.3 is 0 Å². The predicted octanol–water partition coefficient (Wildman–Crippen LogP) is 4.70. The minimum Gasteiger partial charge on any atom is -0.454 e. The molecule has 2 aromatic carbocycles. The molecule has 1 aliphatic heterocycles. The zero-order valence-electron chi connectivity index (χ0n) is 8.21. The van der Waals surface area contributed by atoms with E-state index in [4.69, 9.17) is 27.9 Å². The highest BCUT2D eigenvalue weighted by Crippen LogP contribution is 2.44. The van der Waals surface area contributed by atoms with Crippen molar-refractivity contribution in [3.8, 4) is 11.5 Å². The molecule has 0 amide bonds. The zero-order chi connectivity index (χ0) is 11.1. The molecule has 0 bridgehead atoms. The maximum atomic E-state index is 6.07. The lowest BCUT2D eigenvalue weighted by Gasteiger charge is -2.21. The van der Waals surface area contributed by atoms with Crippen LogP contribution in [0.25, 0.3) is 0 Å². The minimum absolute atomic E-state index is 0.597. The van der Waals surface area contributed by atoms with Gasteiger partial charge in [0.05, 0.1) is 10.0 Å². The van der Waals surface area contributed by atoms with Gasteiger partial charge in [-0.3, -0.25) is 0 Å². The molecule has 3 heteroatoms. The second-order valence-electron chi connectivity index (χ2n) is 3.56. The highest BCUT2D eigenvalue weighted by atomic mass is 35.5. The van der Waals surface area contributed by atoms with Gasteiger partial charge in [-0.15, -0.1) is 0 Å². The van der Waals surface area contributed by atoms with E-state index in [0.29, 0.717) is 21.5 Å². The Balaban J connectivity index is 2.17. The Bertz CT molecular complexity index is 514. The molecule has 1 heterocycles. The van der Waals surface area contributed by atoms with Crippen LogP contribution in [0.4, 0.5) is 0 Å². The monoisotopic (exact) mass is 249 g/mol. The summed E-state index contributed by atoms with van der Waals surface area (Å²) < 4.78 is 5.74. The van der Waals surface area contributed by atoms with Crippen LogP contribution in [0.2, 0.25) is 10.0 Å². The van der Waals surface area contributed by atoms with Gasteiger partial charge in [-0.05, 0) is 12.1 Å². The van der Waals surface area contributed by atoms with Crippen LogP contribution < -0.4 is 4.74 Å². The van der Waals surface area contributed by atoms with E-state index in [0.717, 1.165) is 11.1 Å². The third-order valence-corrected chi connectivity index (χ3v) is 3.11. The van der Waals surface area contributed by atoms with Crippen molar-refractivity contribution in [2.75, 3.05) is 0 Å². The molecule has 0 saturated carbocycles. The van der Waals surface area contributed by atoms with Crippen LogP contribution in [-0.2, 0) is 0 Å². The Labute approximate surface area is 104 Å². The third kappa shape index (κ3) is 1.48. The fraction of sp³-hybridized carbons (Fsp3) is 0. The second-order valence-corrected chi connectivity index (χ2v) is 4.38. The molecule has 1 nitrogen and oxygen atoms in total. The fourth-order valence-electron chi connectivity index (χ4n) is 1.76. The molecule has 0 N–H and O–H groups in total. The number of fused-ring (bicyclic) bond motifs is 2. The number of ether oxygens (including phenoxy) is 1. The van der Waals surface area contributed by atoms with Crippen molar-refractivity contribution in [1.82, 2.24) is 0 Å². The van der Waals surface area contributed by atoms with E-state index >= 15 is 0 Å². The number of rotatable bonds is 0. The van der Waals surface area contributed by atoms with Gasteiger partial charge in [-0.2, -0.15) is 0 Å². The molecule has 2 aromatic rings. The van der Waals surface area contributed by atoms with Crippen LogP contribution in [-0.4, -0.2) is 0 Å². The summed E-state index contributed by atoms with van der Waals surface area (Å²) in [4.78, 5) is 0. The van der Waals surface area contributed by atoms with E-state index in [1.165, 1.54) is 0 Å². The van der Waals surface area contributed by atoms with Crippen LogP contribution in [0.15, 0.2) is 36.4 Å². The minimum atomic E-state index is 0.597. The first-order chi connectivity index (χ1) is 7.75. The van der Waals surface area contributed by atoms with Gasteiger partial charge in [-0.1, -0.05) is 47.5 Å². The summed E-state index contributed by atoms with van der Waals surface area (Å²) in [7, 11) is 0. The summed E-state index contributed by atoms with van der Waals surface area (Å²) in [5.41, 5.74) is 1.95. The van der Waals surface area contributed by atoms with Crippen molar-refractivity contribution in [2.45, 2.75) is 0 Å². The Morgan fingerprint density at radius 1 is 0.750 bits per heavy atom. The second kappa shape index (κ2) is 3.69. The molecular formula is C13H7Cl2O. The SMILES string of the molecule is Clc1cccc2c1Oc1c(Cl)cccc1[CH]2. The Kier molecular flexibility index (Phi) is 2.31. The van der Waals surface area contributed by atoms with Gasteiger partial charge in [0.1, 0.15) is 11.5 Å². The summed E-state index contributed by atoms with van der Waals surface area (Å²) in [5, 5.41) is 1.19. The van der Waals surface area contributed by atoms with Gasteiger partial charge < -0.3 is 4.74 Å². The summed E-state index contributed by atoms with van der Waals surface area (Å²) in [5.74, 6) is 1.34. The van der Waals surface area contributed by atoms with Gasteiger partial charge in [0.2, 0.25) is 0 Å². The first-order valence-electron chi connectivity index (χ1n) is 4.85. The van der Waals surface area contributed by atoms with Crippen molar-refractivity contribution in [3.63, 3.8) is 0 Å². The molecule has 0 fully saturated rings. The first-order valence-corrected chi connectivity index (χ1v) is 5.61. The molecule has 0 aromatic heterocycles. The van der Waals surface area contributed by atoms with E-state index in [9.17, 15) is 0 Å². The molecule has 3 rings (SSSR count). The maximum Gasteiger partial charge on any atom is 0.149 e. The van der Waals surface area contributed by atoms with Gasteiger partial charge in [0.15, 0.2) is 0 Å². The van der Waals surface area contributed by atoms with E-state index < -0.39 is 0 Å². The van der Waals surface area contributed by atoms with E-state index in [1.807, 2.05) is 30.7 Å². The molecule has 0 aliphatic carbocycles. The first kappa shape index (κ1) is 10.0. The molecule has 0 atom stereocenters. The lowest BCUT2D eigenvalue weighted by atomic mass is 10.0. The normalized spacial score (nSPS) is 12.6. The maximum absolute atomic E-state index is 6.07. The number of benzene rings is 2. The Hall–Kier alpha value is -1.18.